The van der Waals surface area contributed by atoms with Crippen LogP contribution in [0, 0.1) is 12.3 Å². The monoisotopic (exact) mass is 436 g/mol. The number of nitrogens with zero attached hydrogens (tertiary/aromatic N) is 4. The van der Waals surface area contributed by atoms with Crippen LogP contribution < -0.4 is 16.0 Å². The molecule has 2 aromatic heterocycles. The number of hydrogen-bond donors (Lipinski definition) is 2. The van der Waals surface area contributed by atoms with Crippen molar-refractivity contribution in [3.63, 3.8) is 0 Å². The van der Waals surface area contributed by atoms with E-state index in [4.69, 9.17) is 38.7 Å². The topological polar surface area (TPSA) is 89.2 Å². The molecule has 3 N–H and O–H groups in total. The van der Waals surface area contributed by atoms with Crippen LogP contribution in [0.5, 0.6) is 0 Å². The third-order valence-electron chi connectivity index (χ3n) is 6.29. The lowest BCUT2D eigenvalue weighted by molar-refractivity contribution is 0.0974. The van der Waals surface area contributed by atoms with Gasteiger partial charge in [-0.1, -0.05) is 23.2 Å². The summed E-state index contributed by atoms with van der Waals surface area (Å²) in [5, 5.41) is 3.60. The summed E-state index contributed by atoms with van der Waals surface area (Å²) in [5.41, 5.74) is 8.72. The molecule has 2 fully saturated rings. The Balaban J connectivity index is 1.56. The molecule has 2 aliphatic heterocycles. The van der Waals surface area contributed by atoms with Gasteiger partial charge in [0.1, 0.15) is 11.6 Å². The highest BCUT2D eigenvalue weighted by atomic mass is 35.5. The molecule has 0 amide bonds. The van der Waals surface area contributed by atoms with Crippen molar-refractivity contribution in [3.05, 3.63) is 28.1 Å². The van der Waals surface area contributed by atoms with E-state index in [0.29, 0.717) is 22.1 Å². The summed E-state index contributed by atoms with van der Waals surface area (Å²) in [6, 6.07) is 1.93. The second-order valence-electron chi connectivity index (χ2n) is 7.96. The summed E-state index contributed by atoms with van der Waals surface area (Å²) >= 11 is 12.6. The molecule has 0 aliphatic carbocycles. The minimum absolute atomic E-state index is 0.0865. The van der Waals surface area contributed by atoms with Crippen molar-refractivity contribution >= 4 is 34.8 Å². The fourth-order valence-electron chi connectivity index (χ4n) is 4.34. The van der Waals surface area contributed by atoms with E-state index in [-0.39, 0.29) is 22.7 Å². The molecule has 2 atom stereocenters. The third kappa shape index (κ3) is 3.65. The van der Waals surface area contributed by atoms with Gasteiger partial charge < -0.3 is 20.7 Å². The van der Waals surface area contributed by atoms with Crippen molar-refractivity contribution in [1.82, 2.24) is 15.0 Å². The number of nitrogens with one attached hydrogen (secondary N) is 1. The molecule has 0 aromatic carbocycles. The average Bonchev–Trinajstić information content (AvgIpc) is 2.99. The van der Waals surface area contributed by atoms with Gasteiger partial charge in [-0.05, 0) is 32.8 Å². The van der Waals surface area contributed by atoms with Crippen LogP contribution in [-0.2, 0) is 4.74 Å². The van der Waals surface area contributed by atoms with Crippen LogP contribution >= 0.6 is 23.2 Å². The second kappa shape index (κ2) is 7.87. The number of halogens is 2. The summed E-state index contributed by atoms with van der Waals surface area (Å²) in [6.07, 6.45) is 3.93. The molecule has 2 saturated heterocycles. The molecule has 0 saturated carbocycles. The highest BCUT2D eigenvalue weighted by Crippen LogP contribution is 2.42. The van der Waals surface area contributed by atoms with E-state index in [1.807, 2.05) is 13.0 Å². The fraction of sp³-hybridized carbons (Fsp3) is 0.550. The number of ether oxygens (including phenoxy) is 1. The highest BCUT2D eigenvalue weighted by Gasteiger charge is 2.47. The van der Waals surface area contributed by atoms with Gasteiger partial charge in [0, 0.05) is 37.2 Å². The number of aromatic nitrogens is 3. The molecule has 4 heterocycles. The van der Waals surface area contributed by atoms with Crippen molar-refractivity contribution in [2.75, 3.05) is 37.0 Å². The van der Waals surface area contributed by atoms with E-state index >= 15 is 0 Å². The van der Waals surface area contributed by atoms with E-state index in [9.17, 15) is 0 Å². The van der Waals surface area contributed by atoms with Gasteiger partial charge in [-0.3, -0.25) is 4.98 Å². The maximum Gasteiger partial charge on any atom is 0.150 e. The predicted octanol–water partition coefficient (Wildman–Crippen LogP) is 3.53. The highest BCUT2D eigenvalue weighted by molar-refractivity contribution is 6.43. The number of anilines is 2. The van der Waals surface area contributed by atoms with E-state index in [0.717, 1.165) is 44.0 Å². The Hall–Kier alpha value is -1.67. The normalized spacial score (nSPS) is 23.6. The van der Waals surface area contributed by atoms with E-state index in [1.54, 1.807) is 13.2 Å². The van der Waals surface area contributed by atoms with Gasteiger partial charge in [0.05, 0.1) is 35.3 Å². The first-order chi connectivity index (χ1) is 13.8. The number of nitrogens with two attached hydrogens (primary N) is 1. The maximum absolute atomic E-state index is 6.43. The molecule has 0 unspecified atom stereocenters. The van der Waals surface area contributed by atoms with Crippen LogP contribution in [0.25, 0.3) is 11.3 Å². The Labute approximate surface area is 181 Å². The first kappa shape index (κ1) is 20.6. The summed E-state index contributed by atoms with van der Waals surface area (Å²) in [6.45, 7) is 6.53. The average molecular weight is 437 g/mol. The number of rotatable bonds is 3. The Kier molecular flexibility index (Phi) is 5.59. The molecule has 9 heteroatoms. The second-order valence-corrected chi connectivity index (χ2v) is 8.70. The first-order valence-corrected chi connectivity index (χ1v) is 10.6. The van der Waals surface area contributed by atoms with E-state index in [1.165, 1.54) is 0 Å². The number of piperidine rings is 1. The molecule has 29 heavy (non-hydrogen) atoms. The van der Waals surface area contributed by atoms with Gasteiger partial charge in [-0.15, -0.1) is 0 Å². The van der Waals surface area contributed by atoms with Gasteiger partial charge in [-0.2, -0.15) is 0 Å². The molecule has 2 aromatic rings. The third-order valence-corrected chi connectivity index (χ3v) is 7.05. The van der Waals surface area contributed by atoms with Gasteiger partial charge in [-0.25, -0.2) is 9.97 Å². The van der Waals surface area contributed by atoms with Gasteiger partial charge in [0.2, 0.25) is 0 Å². The Morgan fingerprint density at radius 1 is 1.28 bits per heavy atom. The zero-order valence-corrected chi connectivity index (χ0v) is 18.4. The Morgan fingerprint density at radius 3 is 2.59 bits per heavy atom. The fourth-order valence-corrected chi connectivity index (χ4v) is 4.72. The molecule has 4 rings (SSSR count). The molecule has 156 valence electrons. The smallest absolute Gasteiger partial charge is 0.150 e. The quantitative estimate of drug-likeness (QED) is 0.711. The molecule has 7 nitrogen and oxygen atoms in total. The van der Waals surface area contributed by atoms with Crippen LogP contribution in [0.1, 0.15) is 25.5 Å². The lowest BCUT2D eigenvalue weighted by atomic mass is 9.73. The van der Waals surface area contributed by atoms with Crippen molar-refractivity contribution in [1.29, 1.82) is 0 Å². The van der Waals surface area contributed by atoms with Crippen LogP contribution in [0.15, 0.2) is 12.3 Å². The number of hydrogen-bond acceptors (Lipinski definition) is 7. The predicted molar refractivity (Wildman–Crippen MR) is 117 cm³/mol. The van der Waals surface area contributed by atoms with Crippen molar-refractivity contribution < 1.29 is 4.74 Å². The zero-order valence-electron chi connectivity index (χ0n) is 16.9. The van der Waals surface area contributed by atoms with Crippen LogP contribution in [0.2, 0.25) is 10.2 Å². The molecular weight excluding hydrogens is 411 g/mol. The Bertz CT molecular complexity index is 916. The minimum Gasteiger partial charge on any atom is -0.376 e. The lowest BCUT2D eigenvalue weighted by Crippen LogP contribution is -2.50. The van der Waals surface area contributed by atoms with Crippen molar-refractivity contribution in [2.24, 2.45) is 11.1 Å². The van der Waals surface area contributed by atoms with Gasteiger partial charge in [0.25, 0.3) is 0 Å². The summed E-state index contributed by atoms with van der Waals surface area (Å²) in [4.78, 5) is 15.9. The molecule has 2 aliphatic rings. The van der Waals surface area contributed by atoms with Gasteiger partial charge in [0.15, 0.2) is 5.15 Å². The van der Waals surface area contributed by atoms with E-state index in [2.05, 4.69) is 27.1 Å². The largest absolute Gasteiger partial charge is 0.376 e. The Morgan fingerprint density at radius 2 is 2.00 bits per heavy atom. The summed E-state index contributed by atoms with van der Waals surface area (Å²) in [7, 11) is 1.78. The maximum atomic E-state index is 6.43. The molecule has 1 spiro atoms. The van der Waals surface area contributed by atoms with Crippen LogP contribution in [0.3, 0.4) is 0 Å². The van der Waals surface area contributed by atoms with Gasteiger partial charge >= 0.3 is 0 Å². The van der Waals surface area contributed by atoms with Crippen LogP contribution in [-0.4, -0.2) is 53.8 Å². The summed E-state index contributed by atoms with van der Waals surface area (Å²) < 4.78 is 5.82. The number of pyridine rings is 1. The van der Waals surface area contributed by atoms with Crippen LogP contribution in [0.4, 0.5) is 11.6 Å². The lowest BCUT2D eigenvalue weighted by Gasteiger charge is -2.41. The summed E-state index contributed by atoms with van der Waals surface area (Å²) in [5.74, 6) is 1.50. The molecular formula is C20H26Cl2N6O. The SMILES string of the molecule is CNc1cc(-c2ncc(N3CCC4(CC3)CO[C@@H](C)[C@H]4N)nc2C)c(Cl)c(Cl)n1. The molecule has 0 bridgehead atoms. The first-order valence-electron chi connectivity index (χ1n) is 9.84. The van der Waals surface area contributed by atoms with E-state index < -0.39 is 0 Å². The zero-order chi connectivity index (χ0) is 20.8. The molecule has 0 radical (unpaired) electrons. The number of aryl methyl sites for hydroxylation is 1. The van der Waals surface area contributed by atoms with Crippen molar-refractivity contribution in [2.45, 2.75) is 38.8 Å². The standard InChI is InChI=1S/C20H26Cl2N6O/c1-11-17(13-8-14(24-3)27-19(22)16(13)21)25-9-15(26-11)28-6-4-20(5-7-28)10-29-12(2)18(20)23/h8-9,12,18H,4-7,10,23H2,1-3H3,(H,24,27)/t12-,18+/m0/s1. The van der Waals surface area contributed by atoms with Crippen molar-refractivity contribution in [3.8, 4) is 11.3 Å². The minimum atomic E-state index is 0.0865.